The number of nitrogens with one attached hydrogen (secondary N) is 2. The van der Waals surface area contributed by atoms with Gasteiger partial charge in [-0.2, -0.15) is 0 Å². The predicted octanol–water partition coefficient (Wildman–Crippen LogP) is 1.62. The first kappa shape index (κ1) is 12.6. The van der Waals surface area contributed by atoms with Gasteiger partial charge in [0.25, 0.3) is 0 Å². The average molecular weight is 269 g/mol. The molecule has 1 atom stereocenters. The summed E-state index contributed by atoms with van der Waals surface area (Å²) in [5, 5.41) is 6.53. The van der Waals surface area contributed by atoms with Crippen molar-refractivity contribution < 1.29 is 9.59 Å². The fourth-order valence-electron chi connectivity index (χ4n) is 2.37. The maximum Gasteiger partial charge on any atom is 0.229 e. The molecule has 2 heterocycles. The molecule has 0 aliphatic carbocycles. The van der Waals surface area contributed by atoms with Crippen molar-refractivity contribution in [3.8, 4) is 0 Å². The highest BCUT2D eigenvalue weighted by Crippen LogP contribution is 2.23. The summed E-state index contributed by atoms with van der Waals surface area (Å²) in [5.74, 6) is -0.515. The van der Waals surface area contributed by atoms with Crippen LogP contribution in [0.5, 0.6) is 0 Å². The minimum absolute atomic E-state index is 0.0722. The summed E-state index contributed by atoms with van der Waals surface area (Å²) < 4.78 is 0. The van der Waals surface area contributed by atoms with Crippen molar-refractivity contribution in [2.45, 2.75) is 13.3 Å². The molecule has 1 aliphatic heterocycles. The lowest BCUT2D eigenvalue weighted by Gasteiger charge is -2.11. The molecule has 1 aromatic carbocycles. The molecule has 0 bridgehead atoms. The van der Waals surface area contributed by atoms with E-state index in [2.05, 4.69) is 15.6 Å². The number of amides is 2. The van der Waals surface area contributed by atoms with Crippen LogP contribution in [0, 0.1) is 12.8 Å². The number of fused-ring (bicyclic) bond motifs is 1. The predicted molar refractivity (Wildman–Crippen MR) is 76.2 cm³/mol. The lowest BCUT2D eigenvalue weighted by molar-refractivity contribution is -0.123. The third-order valence-corrected chi connectivity index (χ3v) is 3.47. The highest BCUT2D eigenvalue weighted by Gasteiger charge is 2.28. The van der Waals surface area contributed by atoms with E-state index in [4.69, 9.17) is 0 Å². The molecule has 1 aromatic heterocycles. The van der Waals surface area contributed by atoms with Gasteiger partial charge in [-0.25, -0.2) is 0 Å². The summed E-state index contributed by atoms with van der Waals surface area (Å²) >= 11 is 0. The Morgan fingerprint density at radius 1 is 1.35 bits per heavy atom. The molecule has 0 saturated carbocycles. The van der Waals surface area contributed by atoms with Gasteiger partial charge in [-0.1, -0.05) is 18.2 Å². The van der Waals surface area contributed by atoms with Crippen LogP contribution < -0.4 is 10.6 Å². The number of nitrogens with zero attached hydrogens (tertiary/aromatic N) is 1. The average Bonchev–Trinajstić information content (AvgIpc) is 2.86. The molecule has 20 heavy (non-hydrogen) atoms. The zero-order valence-corrected chi connectivity index (χ0v) is 11.1. The first-order valence-corrected chi connectivity index (χ1v) is 6.57. The van der Waals surface area contributed by atoms with Crippen LogP contribution in [0.15, 0.2) is 30.3 Å². The molecule has 5 heteroatoms. The van der Waals surface area contributed by atoms with E-state index in [9.17, 15) is 9.59 Å². The Hall–Kier alpha value is -2.43. The van der Waals surface area contributed by atoms with E-state index in [-0.39, 0.29) is 24.2 Å². The first-order valence-electron chi connectivity index (χ1n) is 6.57. The third-order valence-electron chi connectivity index (χ3n) is 3.47. The van der Waals surface area contributed by atoms with Gasteiger partial charge >= 0.3 is 0 Å². The first-order chi connectivity index (χ1) is 9.63. The number of hydrogen-bond acceptors (Lipinski definition) is 3. The number of rotatable bonds is 2. The topological polar surface area (TPSA) is 71.1 Å². The van der Waals surface area contributed by atoms with Gasteiger partial charge in [0.2, 0.25) is 11.8 Å². The Labute approximate surface area is 116 Å². The van der Waals surface area contributed by atoms with E-state index in [0.717, 1.165) is 16.6 Å². The van der Waals surface area contributed by atoms with E-state index in [0.29, 0.717) is 12.2 Å². The third kappa shape index (κ3) is 2.34. The second-order valence-electron chi connectivity index (χ2n) is 5.02. The monoisotopic (exact) mass is 269 g/mol. The second kappa shape index (κ2) is 4.92. The SMILES string of the molecule is Cc1ccc2cccc(NC(=O)C3CNC(=O)C3)c2n1. The Morgan fingerprint density at radius 3 is 2.95 bits per heavy atom. The molecular formula is C15H15N3O2. The van der Waals surface area contributed by atoms with Crippen molar-refractivity contribution in [3.63, 3.8) is 0 Å². The van der Waals surface area contributed by atoms with Crippen molar-refractivity contribution in [2.75, 3.05) is 11.9 Å². The summed E-state index contributed by atoms with van der Waals surface area (Å²) in [5.41, 5.74) is 2.37. The fraction of sp³-hybridized carbons (Fsp3) is 0.267. The van der Waals surface area contributed by atoms with E-state index in [1.807, 2.05) is 37.3 Å². The zero-order valence-electron chi connectivity index (χ0n) is 11.1. The molecule has 0 radical (unpaired) electrons. The van der Waals surface area contributed by atoms with Gasteiger partial charge < -0.3 is 10.6 Å². The molecule has 1 fully saturated rings. The molecule has 1 unspecified atom stereocenters. The summed E-state index contributed by atoms with van der Waals surface area (Å²) in [6.45, 7) is 2.32. The molecule has 2 amide bonds. The number of pyridine rings is 1. The summed E-state index contributed by atoms with van der Waals surface area (Å²) in [6, 6.07) is 9.59. The Bertz CT molecular complexity index is 697. The van der Waals surface area contributed by atoms with Crippen LogP contribution in [-0.4, -0.2) is 23.3 Å². The smallest absolute Gasteiger partial charge is 0.229 e. The summed E-state index contributed by atoms with van der Waals surface area (Å²) in [7, 11) is 0. The van der Waals surface area contributed by atoms with E-state index < -0.39 is 0 Å². The standard InChI is InChI=1S/C15H15N3O2/c1-9-5-6-10-3-2-4-12(14(10)17-9)18-15(20)11-7-13(19)16-8-11/h2-6,11H,7-8H2,1H3,(H,16,19)(H,18,20). The van der Waals surface area contributed by atoms with Gasteiger partial charge in [0.05, 0.1) is 17.1 Å². The van der Waals surface area contributed by atoms with Crippen molar-refractivity contribution in [2.24, 2.45) is 5.92 Å². The van der Waals surface area contributed by atoms with Gasteiger partial charge in [0.1, 0.15) is 0 Å². The second-order valence-corrected chi connectivity index (χ2v) is 5.02. The van der Waals surface area contributed by atoms with Crippen LogP contribution in [0.3, 0.4) is 0 Å². The molecule has 5 nitrogen and oxygen atoms in total. The molecule has 2 N–H and O–H groups in total. The number of aryl methyl sites for hydroxylation is 1. The lowest BCUT2D eigenvalue weighted by atomic mass is 10.1. The molecular weight excluding hydrogens is 254 g/mol. The molecule has 2 aromatic rings. The highest BCUT2D eigenvalue weighted by atomic mass is 16.2. The van der Waals surface area contributed by atoms with Crippen molar-refractivity contribution in [1.82, 2.24) is 10.3 Å². The van der Waals surface area contributed by atoms with Crippen LogP contribution >= 0.6 is 0 Å². The van der Waals surface area contributed by atoms with Crippen molar-refractivity contribution >= 4 is 28.4 Å². The number of benzene rings is 1. The number of hydrogen-bond donors (Lipinski definition) is 2. The molecule has 102 valence electrons. The number of aromatic nitrogens is 1. The Kier molecular flexibility index (Phi) is 3.10. The maximum absolute atomic E-state index is 12.2. The zero-order chi connectivity index (χ0) is 14.1. The van der Waals surface area contributed by atoms with Crippen LogP contribution in [-0.2, 0) is 9.59 Å². The van der Waals surface area contributed by atoms with Crippen LogP contribution in [0.4, 0.5) is 5.69 Å². The quantitative estimate of drug-likeness (QED) is 0.870. The minimum atomic E-state index is -0.303. The van der Waals surface area contributed by atoms with Gasteiger partial charge in [-0.3, -0.25) is 14.6 Å². The van der Waals surface area contributed by atoms with Gasteiger partial charge in [-0.05, 0) is 19.1 Å². The number of para-hydroxylation sites is 1. The van der Waals surface area contributed by atoms with E-state index >= 15 is 0 Å². The Morgan fingerprint density at radius 2 is 2.20 bits per heavy atom. The van der Waals surface area contributed by atoms with E-state index in [1.54, 1.807) is 0 Å². The van der Waals surface area contributed by atoms with Gasteiger partial charge in [0, 0.05) is 24.0 Å². The van der Waals surface area contributed by atoms with Crippen molar-refractivity contribution in [1.29, 1.82) is 0 Å². The van der Waals surface area contributed by atoms with Gasteiger partial charge in [-0.15, -0.1) is 0 Å². The number of anilines is 1. The molecule has 0 spiro atoms. The highest BCUT2D eigenvalue weighted by molar-refractivity contribution is 6.03. The van der Waals surface area contributed by atoms with Crippen LogP contribution in [0.2, 0.25) is 0 Å². The minimum Gasteiger partial charge on any atom is -0.355 e. The summed E-state index contributed by atoms with van der Waals surface area (Å²) in [4.78, 5) is 27.8. The Balaban J connectivity index is 1.89. The fourth-order valence-corrected chi connectivity index (χ4v) is 2.37. The maximum atomic E-state index is 12.2. The van der Waals surface area contributed by atoms with Crippen LogP contribution in [0.1, 0.15) is 12.1 Å². The molecule has 1 saturated heterocycles. The molecule has 3 rings (SSSR count). The largest absolute Gasteiger partial charge is 0.355 e. The lowest BCUT2D eigenvalue weighted by Crippen LogP contribution is -2.24. The number of carbonyl (C=O) groups is 2. The van der Waals surface area contributed by atoms with Gasteiger partial charge in [0.15, 0.2) is 0 Å². The molecule has 1 aliphatic rings. The summed E-state index contributed by atoms with van der Waals surface area (Å²) in [6.07, 6.45) is 0.253. The number of carbonyl (C=O) groups excluding carboxylic acids is 2. The normalized spacial score (nSPS) is 18.1. The van der Waals surface area contributed by atoms with Crippen molar-refractivity contribution in [3.05, 3.63) is 36.0 Å². The van der Waals surface area contributed by atoms with Crippen LogP contribution in [0.25, 0.3) is 10.9 Å². The van der Waals surface area contributed by atoms with E-state index in [1.165, 1.54) is 0 Å².